The van der Waals surface area contributed by atoms with Crippen molar-refractivity contribution in [1.82, 2.24) is 5.32 Å². The minimum absolute atomic E-state index is 0.0309. The maximum Gasteiger partial charge on any atom is 0.335 e. The van der Waals surface area contributed by atoms with Crippen LogP contribution >= 0.6 is 0 Å². The fourth-order valence-electron chi connectivity index (χ4n) is 2.74. The average Bonchev–Trinajstić information content (AvgIpc) is 3.18. The summed E-state index contributed by atoms with van der Waals surface area (Å²) in [6, 6.07) is 15.8. The van der Waals surface area contributed by atoms with E-state index in [4.69, 9.17) is 9.15 Å². The van der Waals surface area contributed by atoms with Gasteiger partial charge in [-0.25, -0.2) is 4.79 Å². The van der Waals surface area contributed by atoms with E-state index in [9.17, 15) is 19.5 Å². The molecule has 3 rings (SSSR count). The van der Waals surface area contributed by atoms with Crippen LogP contribution in [0.2, 0.25) is 0 Å². The maximum atomic E-state index is 13.0. The first-order valence-corrected chi connectivity index (χ1v) is 9.24. The molecule has 3 aromatic rings. The van der Waals surface area contributed by atoms with Crippen LogP contribution in [-0.2, 0) is 4.79 Å². The van der Waals surface area contributed by atoms with Gasteiger partial charge in [-0.3, -0.25) is 9.59 Å². The van der Waals surface area contributed by atoms with Crippen molar-refractivity contribution in [2.45, 2.75) is 6.92 Å². The third-order valence-corrected chi connectivity index (χ3v) is 4.27. The highest BCUT2D eigenvalue weighted by molar-refractivity contribution is 6.11. The molecule has 3 N–H and O–H groups in total. The Balaban J connectivity index is 1.93. The van der Waals surface area contributed by atoms with Gasteiger partial charge in [0.15, 0.2) is 0 Å². The van der Waals surface area contributed by atoms with E-state index in [1.165, 1.54) is 31.4 Å². The smallest absolute Gasteiger partial charge is 0.335 e. The number of methoxy groups -OCH3 is 1. The van der Waals surface area contributed by atoms with Gasteiger partial charge in [0, 0.05) is 11.6 Å². The molecule has 0 radical (unpaired) electrons. The SMILES string of the molecule is COc1ccc(C(=O)O)cc1NC(=O)C(=Cc1ccc(C)o1)NC(=O)c1ccccc1. The Labute approximate surface area is 178 Å². The van der Waals surface area contributed by atoms with Crippen LogP contribution in [0, 0.1) is 6.92 Å². The minimum atomic E-state index is -1.16. The van der Waals surface area contributed by atoms with Crippen molar-refractivity contribution >= 4 is 29.5 Å². The van der Waals surface area contributed by atoms with Crippen molar-refractivity contribution in [2.75, 3.05) is 12.4 Å². The normalized spacial score (nSPS) is 11.0. The molecule has 1 heterocycles. The first-order valence-electron chi connectivity index (χ1n) is 9.24. The summed E-state index contributed by atoms with van der Waals surface area (Å²) in [6.45, 7) is 1.75. The van der Waals surface area contributed by atoms with Crippen LogP contribution in [0.3, 0.4) is 0 Å². The predicted octanol–water partition coefficient (Wildman–Crippen LogP) is 3.70. The monoisotopic (exact) mass is 420 g/mol. The number of ether oxygens (including phenoxy) is 1. The van der Waals surface area contributed by atoms with Crippen molar-refractivity contribution in [3.8, 4) is 5.75 Å². The molecule has 2 amide bonds. The third-order valence-electron chi connectivity index (χ3n) is 4.27. The van der Waals surface area contributed by atoms with Crippen molar-refractivity contribution in [3.05, 3.63) is 89.0 Å². The predicted molar refractivity (Wildman–Crippen MR) is 114 cm³/mol. The van der Waals surface area contributed by atoms with Crippen molar-refractivity contribution in [2.24, 2.45) is 0 Å². The maximum absolute atomic E-state index is 13.0. The Kier molecular flexibility index (Phi) is 6.51. The number of furan rings is 1. The number of nitrogens with one attached hydrogen (secondary N) is 2. The van der Waals surface area contributed by atoms with E-state index in [-0.39, 0.29) is 22.7 Å². The molecule has 0 saturated carbocycles. The summed E-state index contributed by atoms with van der Waals surface area (Å²) in [4.78, 5) is 36.9. The van der Waals surface area contributed by atoms with Crippen LogP contribution in [0.5, 0.6) is 5.75 Å². The van der Waals surface area contributed by atoms with Gasteiger partial charge >= 0.3 is 5.97 Å². The van der Waals surface area contributed by atoms with E-state index in [0.29, 0.717) is 17.1 Å². The van der Waals surface area contributed by atoms with Crippen molar-refractivity contribution < 1.29 is 28.6 Å². The standard InChI is InChI=1S/C23H20N2O6/c1-14-8-10-17(31-14)13-19(25-21(26)15-6-4-3-5-7-15)22(27)24-18-12-16(23(28)29)9-11-20(18)30-2/h3-13H,1-2H3,(H,24,27)(H,25,26)(H,28,29). The van der Waals surface area contributed by atoms with Gasteiger partial charge in [0.2, 0.25) is 0 Å². The number of hydrogen-bond acceptors (Lipinski definition) is 5. The van der Waals surface area contributed by atoms with Gasteiger partial charge in [-0.15, -0.1) is 0 Å². The highest BCUT2D eigenvalue weighted by Gasteiger charge is 2.18. The Morgan fingerprint density at radius 1 is 1.00 bits per heavy atom. The molecule has 0 bridgehead atoms. The molecule has 0 atom stereocenters. The molecule has 8 nitrogen and oxygen atoms in total. The first-order chi connectivity index (χ1) is 14.9. The van der Waals surface area contributed by atoms with Gasteiger partial charge in [-0.05, 0) is 49.4 Å². The molecular formula is C23H20N2O6. The summed E-state index contributed by atoms with van der Waals surface area (Å²) in [7, 11) is 1.39. The van der Waals surface area contributed by atoms with Crippen LogP contribution in [0.15, 0.2) is 70.8 Å². The van der Waals surface area contributed by atoms with E-state index in [0.717, 1.165) is 0 Å². The Hall–Kier alpha value is -4.33. The molecule has 31 heavy (non-hydrogen) atoms. The van der Waals surface area contributed by atoms with Crippen LogP contribution in [-0.4, -0.2) is 30.0 Å². The molecule has 0 fully saturated rings. The van der Waals surface area contributed by atoms with Crippen molar-refractivity contribution in [1.29, 1.82) is 0 Å². The van der Waals surface area contributed by atoms with Crippen molar-refractivity contribution in [3.63, 3.8) is 0 Å². The molecule has 158 valence electrons. The van der Waals surface area contributed by atoms with Crippen LogP contribution in [0.1, 0.15) is 32.2 Å². The lowest BCUT2D eigenvalue weighted by atomic mass is 10.1. The number of aromatic carboxylic acids is 1. The summed E-state index contributed by atoms with van der Waals surface area (Å²) in [5.74, 6) is -1.06. The van der Waals surface area contributed by atoms with Gasteiger partial charge in [-0.1, -0.05) is 18.2 Å². The molecule has 0 spiro atoms. The van der Waals surface area contributed by atoms with Crippen LogP contribution in [0.4, 0.5) is 5.69 Å². The quantitative estimate of drug-likeness (QED) is 0.502. The third kappa shape index (κ3) is 5.39. The molecule has 0 saturated heterocycles. The second kappa shape index (κ2) is 9.45. The Morgan fingerprint density at radius 3 is 2.35 bits per heavy atom. The largest absolute Gasteiger partial charge is 0.495 e. The number of carboxylic acids is 1. The van der Waals surface area contributed by atoms with E-state index in [1.807, 2.05) is 0 Å². The summed E-state index contributed by atoms with van der Waals surface area (Å²) in [5.41, 5.74) is 0.382. The molecule has 0 aliphatic heterocycles. The van der Waals surface area contributed by atoms with Crippen LogP contribution < -0.4 is 15.4 Å². The number of rotatable bonds is 7. The molecule has 0 aliphatic rings. The van der Waals surface area contributed by atoms with Crippen LogP contribution in [0.25, 0.3) is 6.08 Å². The number of aryl methyl sites for hydroxylation is 1. The lowest BCUT2D eigenvalue weighted by Gasteiger charge is -2.13. The molecular weight excluding hydrogens is 400 g/mol. The Bertz CT molecular complexity index is 1150. The summed E-state index contributed by atoms with van der Waals surface area (Å²) < 4.78 is 10.7. The summed E-state index contributed by atoms with van der Waals surface area (Å²) >= 11 is 0. The zero-order valence-electron chi connectivity index (χ0n) is 16.8. The molecule has 8 heteroatoms. The first kappa shape index (κ1) is 21.4. The van der Waals surface area contributed by atoms with Gasteiger partial charge < -0.3 is 24.9 Å². The number of anilines is 1. The number of carbonyl (C=O) groups is 3. The van der Waals surface area contributed by atoms with E-state index in [1.54, 1.807) is 49.4 Å². The average molecular weight is 420 g/mol. The molecule has 2 aromatic carbocycles. The molecule has 1 aromatic heterocycles. The fraction of sp³-hybridized carbons (Fsp3) is 0.0870. The highest BCUT2D eigenvalue weighted by Crippen LogP contribution is 2.26. The number of carboxylic acid groups (broad SMARTS) is 1. The fourth-order valence-corrected chi connectivity index (χ4v) is 2.74. The minimum Gasteiger partial charge on any atom is -0.495 e. The number of amides is 2. The topological polar surface area (TPSA) is 118 Å². The summed E-state index contributed by atoms with van der Waals surface area (Å²) in [5, 5.41) is 14.4. The van der Waals surface area contributed by atoms with E-state index in [2.05, 4.69) is 10.6 Å². The number of carbonyl (C=O) groups excluding carboxylic acids is 2. The van der Waals surface area contributed by atoms with E-state index < -0.39 is 17.8 Å². The zero-order valence-corrected chi connectivity index (χ0v) is 16.8. The second-order valence-electron chi connectivity index (χ2n) is 6.50. The van der Waals surface area contributed by atoms with E-state index >= 15 is 0 Å². The Morgan fingerprint density at radius 2 is 1.74 bits per heavy atom. The highest BCUT2D eigenvalue weighted by atomic mass is 16.5. The lowest BCUT2D eigenvalue weighted by Crippen LogP contribution is -2.30. The number of benzene rings is 2. The summed E-state index contributed by atoms with van der Waals surface area (Å²) in [6.07, 6.45) is 1.39. The number of hydrogen-bond donors (Lipinski definition) is 3. The van der Waals surface area contributed by atoms with Gasteiger partial charge in [0.1, 0.15) is 23.0 Å². The zero-order chi connectivity index (χ0) is 22.4. The van der Waals surface area contributed by atoms with Gasteiger partial charge in [0.25, 0.3) is 11.8 Å². The lowest BCUT2D eigenvalue weighted by molar-refractivity contribution is -0.113. The van der Waals surface area contributed by atoms with Gasteiger partial charge in [0.05, 0.1) is 18.4 Å². The van der Waals surface area contributed by atoms with Gasteiger partial charge in [-0.2, -0.15) is 0 Å². The molecule has 0 aliphatic carbocycles. The molecule has 0 unspecified atom stereocenters. The second-order valence-corrected chi connectivity index (χ2v) is 6.50.